The second-order valence-electron chi connectivity index (χ2n) is 7.28. The fourth-order valence-corrected chi connectivity index (χ4v) is 3.29. The van der Waals surface area contributed by atoms with Crippen molar-refractivity contribution in [2.75, 3.05) is 0 Å². The van der Waals surface area contributed by atoms with E-state index in [2.05, 4.69) is 36.5 Å². The predicted octanol–water partition coefficient (Wildman–Crippen LogP) is 9.18. The van der Waals surface area contributed by atoms with Crippen molar-refractivity contribution >= 4 is 41.5 Å². The molecule has 35 heavy (non-hydrogen) atoms. The summed E-state index contributed by atoms with van der Waals surface area (Å²) >= 11 is 17.7. The molecule has 0 spiro atoms. The molecule has 0 N–H and O–H groups in total. The van der Waals surface area contributed by atoms with Crippen molar-refractivity contribution in [1.82, 2.24) is 9.78 Å². The zero-order valence-electron chi connectivity index (χ0n) is 21.0. The molecule has 0 saturated carbocycles. The quantitative estimate of drug-likeness (QED) is 0.177. The molecule has 2 aromatic carbocycles. The third kappa shape index (κ3) is 9.85. The van der Waals surface area contributed by atoms with E-state index in [0.717, 1.165) is 28.8 Å². The van der Waals surface area contributed by atoms with Crippen molar-refractivity contribution in [2.24, 2.45) is 10.2 Å². The van der Waals surface area contributed by atoms with Crippen LogP contribution in [0.5, 0.6) is 0 Å². The molecule has 3 aromatic rings. The molecule has 7 heteroatoms. The fraction of sp³-hybridized carbons (Fsp3) is 0.250. The third-order valence-corrected chi connectivity index (χ3v) is 5.26. The molecule has 186 valence electrons. The summed E-state index contributed by atoms with van der Waals surface area (Å²) in [6, 6.07) is 17.3. The van der Waals surface area contributed by atoms with Crippen molar-refractivity contribution < 1.29 is 0 Å². The van der Waals surface area contributed by atoms with Crippen molar-refractivity contribution in [3.63, 3.8) is 0 Å². The number of hydrogen-bond acceptors (Lipinski definition) is 3. The molecule has 1 aromatic heterocycles. The Bertz CT molecular complexity index is 1210. The number of benzene rings is 2. The monoisotopic (exact) mass is 530 g/mol. The van der Waals surface area contributed by atoms with E-state index in [1.807, 2.05) is 80.1 Å². The van der Waals surface area contributed by atoms with Gasteiger partial charge in [-0.05, 0) is 57.0 Å². The Morgan fingerprint density at radius 1 is 1.03 bits per heavy atom. The van der Waals surface area contributed by atoms with Gasteiger partial charge in [-0.15, -0.1) is 5.10 Å². The van der Waals surface area contributed by atoms with E-state index < -0.39 is 0 Å². The average molecular weight is 532 g/mol. The number of nitrogens with zero attached hydrogens (tertiary/aromatic N) is 4. The average Bonchev–Trinajstić information content (AvgIpc) is 2.85. The predicted molar refractivity (Wildman–Crippen MR) is 154 cm³/mol. The first-order chi connectivity index (χ1) is 16.8. The Hall–Kier alpha value is -2.66. The summed E-state index contributed by atoms with van der Waals surface area (Å²) in [6.45, 7) is 17.4. The van der Waals surface area contributed by atoms with Gasteiger partial charge in [0.25, 0.3) is 0 Å². The van der Waals surface area contributed by atoms with Crippen LogP contribution in [0.2, 0.25) is 10.0 Å². The Balaban J connectivity index is 0.000000926. The second kappa shape index (κ2) is 16.1. The van der Waals surface area contributed by atoms with Gasteiger partial charge in [0.1, 0.15) is 5.69 Å². The highest BCUT2D eigenvalue weighted by atomic mass is 35.5. The lowest BCUT2D eigenvalue weighted by molar-refractivity contribution is 0.567. The van der Waals surface area contributed by atoms with E-state index in [9.17, 15) is 0 Å². The van der Waals surface area contributed by atoms with Crippen LogP contribution in [0.15, 0.2) is 88.1 Å². The molecular formula is C28H33Cl3N4. The molecule has 0 radical (unpaired) electrons. The molecule has 0 saturated heterocycles. The Morgan fingerprint density at radius 2 is 1.63 bits per heavy atom. The van der Waals surface area contributed by atoms with E-state index >= 15 is 0 Å². The second-order valence-corrected chi connectivity index (χ2v) is 8.77. The van der Waals surface area contributed by atoms with Crippen molar-refractivity contribution in [1.29, 1.82) is 0 Å². The van der Waals surface area contributed by atoms with Crippen LogP contribution in [0.25, 0.3) is 22.4 Å². The van der Waals surface area contributed by atoms with Crippen LogP contribution < -0.4 is 5.49 Å². The molecule has 4 nitrogen and oxygen atoms in total. The highest BCUT2D eigenvalue weighted by Crippen LogP contribution is 2.34. The number of allylic oxidation sites excluding steroid dienone is 3. The molecule has 0 fully saturated rings. The maximum atomic E-state index is 6.52. The smallest absolute Gasteiger partial charge is 0.172 e. The molecule has 0 aliphatic carbocycles. The normalized spacial score (nSPS) is 11.1. The molecular weight excluding hydrogens is 499 g/mol. The highest BCUT2D eigenvalue weighted by molar-refractivity contribution is 6.33. The van der Waals surface area contributed by atoms with E-state index in [1.54, 1.807) is 6.92 Å². The van der Waals surface area contributed by atoms with E-state index in [-0.39, 0.29) is 0 Å². The standard InChI is InChI=1S/C23H22Cl2N4.C3H5Cl.C2H6/c1-4-16(2)13-14-29-22(27-26-3)15-20(17-9-11-18(24)12-10-17)23(28-29)19-7-5-6-8-21(19)25;1-3(2)4;1-2/h4-12,15H,3,13-14H2,1-2H3;1H2,2H3;1-2H3/b16-4+,27-22-;;. The molecule has 1 heterocycles. The molecule has 0 amide bonds. The van der Waals surface area contributed by atoms with Crippen molar-refractivity contribution in [3.8, 4) is 22.4 Å². The fourth-order valence-electron chi connectivity index (χ4n) is 2.94. The van der Waals surface area contributed by atoms with Crippen LogP contribution in [0.4, 0.5) is 0 Å². The van der Waals surface area contributed by atoms with E-state index in [0.29, 0.717) is 27.1 Å². The first-order valence-electron chi connectivity index (χ1n) is 11.3. The summed E-state index contributed by atoms with van der Waals surface area (Å²) in [6.07, 6.45) is 2.95. The van der Waals surface area contributed by atoms with Crippen LogP contribution in [0.1, 0.15) is 41.0 Å². The van der Waals surface area contributed by atoms with Crippen molar-refractivity contribution in [3.05, 3.63) is 93.4 Å². The summed E-state index contributed by atoms with van der Waals surface area (Å²) in [5, 5.41) is 14.8. The molecule has 0 bridgehead atoms. The van der Waals surface area contributed by atoms with Gasteiger partial charge in [-0.3, -0.25) is 0 Å². The molecule has 0 aliphatic rings. The van der Waals surface area contributed by atoms with E-state index in [1.165, 1.54) is 5.57 Å². The summed E-state index contributed by atoms with van der Waals surface area (Å²) in [4.78, 5) is 0. The number of rotatable bonds is 6. The topological polar surface area (TPSA) is 42.5 Å². The van der Waals surface area contributed by atoms with Gasteiger partial charge in [-0.25, -0.2) is 4.68 Å². The summed E-state index contributed by atoms with van der Waals surface area (Å²) < 4.78 is 1.85. The first-order valence-corrected chi connectivity index (χ1v) is 12.5. The van der Waals surface area contributed by atoms with Gasteiger partial charge in [0.05, 0.1) is 5.02 Å². The van der Waals surface area contributed by atoms with Gasteiger partial charge < -0.3 is 0 Å². The molecule has 3 rings (SSSR count). The summed E-state index contributed by atoms with van der Waals surface area (Å²) in [5.41, 5.74) is 5.40. The molecule has 0 aliphatic heterocycles. The third-order valence-electron chi connectivity index (χ3n) is 4.68. The summed E-state index contributed by atoms with van der Waals surface area (Å²) in [5.74, 6) is 0. The SMILES string of the molecule is C=C(C)Cl.C=N/N=c1/cc(-c2ccc(Cl)cc2)c(-c2ccccc2Cl)nn1CC/C(C)=C/C.CC. The van der Waals surface area contributed by atoms with Crippen LogP contribution in [-0.4, -0.2) is 16.5 Å². The lowest BCUT2D eigenvalue weighted by Gasteiger charge is -2.15. The number of aryl methyl sites for hydroxylation is 1. The zero-order valence-corrected chi connectivity index (χ0v) is 23.3. The highest BCUT2D eigenvalue weighted by Gasteiger charge is 2.15. The van der Waals surface area contributed by atoms with Gasteiger partial charge in [0, 0.05) is 34.4 Å². The van der Waals surface area contributed by atoms with Gasteiger partial charge in [0.15, 0.2) is 5.49 Å². The zero-order chi connectivity index (χ0) is 26.4. The Kier molecular flexibility index (Phi) is 14.0. The van der Waals surface area contributed by atoms with E-state index in [4.69, 9.17) is 39.9 Å². The largest absolute Gasteiger partial charge is 0.245 e. The van der Waals surface area contributed by atoms with Crippen LogP contribution in [0.3, 0.4) is 0 Å². The number of halogens is 3. The number of hydrogen-bond donors (Lipinski definition) is 0. The minimum Gasteiger partial charge on any atom is -0.245 e. The van der Waals surface area contributed by atoms with Gasteiger partial charge >= 0.3 is 0 Å². The van der Waals surface area contributed by atoms with Gasteiger partial charge in [-0.1, -0.05) is 97.2 Å². The van der Waals surface area contributed by atoms with Gasteiger partial charge in [0.2, 0.25) is 0 Å². The Labute approximate surface area is 224 Å². The summed E-state index contributed by atoms with van der Waals surface area (Å²) in [7, 11) is 0. The minimum atomic E-state index is 0.629. The number of aromatic nitrogens is 2. The van der Waals surface area contributed by atoms with Crippen LogP contribution in [0, 0.1) is 0 Å². The van der Waals surface area contributed by atoms with Crippen LogP contribution >= 0.6 is 34.8 Å². The van der Waals surface area contributed by atoms with Crippen molar-refractivity contribution in [2.45, 2.75) is 47.6 Å². The molecule has 0 atom stereocenters. The lowest BCUT2D eigenvalue weighted by Crippen LogP contribution is -2.25. The molecule has 0 unspecified atom stereocenters. The van der Waals surface area contributed by atoms with Crippen LogP contribution in [-0.2, 0) is 6.54 Å². The Morgan fingerprint density at radius 3 is 2.17 bits per heavy atom. The maximum Gasteiger partial charge on any atom is 0.172 e. The maximum absolute atomic E-state index is 6.52. The van der Waals surface area contributed by atoms with Gasteiger partial charge in [-0.2, -0.15) is 10.2 Å². The minimum absolute atomic E-state index is 0.629. The lowest BCUT2D eigenvalue weighted by atomic mass is 10.00. The first kappa shape index (κ1) is 30.4.